The summed E-state index contributed by atoms with van der Waals surface area (Å²) in [7, 11) is 0. The lowest BCUT2D eigenvalue weighted by Gasteiger charge is -2.19. The molecule has 15 aromatic rings. The molecule has 0 heterocycles. The predicted octanol–water partition coefficient (Wildman–Crippen LogP) is 19.4. The second kappa shape index (κ2) is 12.8. The number of benzene rings is 13. The van der Waals surface area contributed by atoms with Crippen LogP contribution in [0, 0.1) is 27.7 Å². The minimum absolute atomic E-state index is 1.29. The number of aryl methyl sites for hydroxylation is 4. The Labute approximate surface area is 393 Å². The fraction of sp³-hybridized carbons (Fsp3) is 0.0588. The van der Waals surface area contributed by atoms with E-state index in [9.17, 15) is 0 Å². The standard InChI is InChI=1S/C68H42/c1-35-12-5-7-18-41(35)61-57-33-55-44-20-10-16-39-17-11-21-45(60(39)44)56(55)34-58(57)62(42-19-8-6-13-36(42)2)68-53-31-29-50-48-26-27-51-54-32-40(59-37(3)14-9-15-38(59)4)22-23-43(54)46-24-25-47(64(48)63(46)51)49-28-30-52(67(61)68)66(53)65(49)50/h5-34H,1-4H3. The highest BCUT2D eigenvalue weighted by Crippen LogP contribution is 2.58. The summed E-state index contributed by atoms with van der Waals surface area (Å²) in [6.07, 6.45) is 0. The third kappa shape index (κ3) is 4.42. The third-order valence-electron chi connectivity index (χ3n) is 16.6. The summed E-state index contributed by atoms with van der Waals surface area (Å²) in [5, 5.41) is 26.8. The van der Waals surface area contributed by atoms with Gasteiger partial charge in [-0.05, 0) is 232 Å². The Balaban J connectivity index is 1.07. The van der Waals surface area contributed by atoms with Crippen molar-refractivity contribution in [3.05, 3.63) is 204 Å². The zero-order valence-corrected chi connectivity index (χ0v) is 38.3. The molecule has 0 radical (unpaired) electrons. The zero-order valence-electron chi connectivity index (χ0n) is 38.3. The molecule has 0 N–H and O–H groups in total. The van der Waals surface area contributed by atoms with Gasteiger partial charge in [0, 0.05) is 0 Å². The highest BCUT2D eigenvalue weighted by atomic mass is 14.3. The van der Waals surface area contributed by atoms with E-state index in [1.165, 1.54) is 186 Å². The molecule has 0 bridgehead atoms. The molecular weight excluding hydrogens is 817 g/mol. The number of hydrogen-bond donors (Lipinski definition) is 0. The smallest absolute Gasteiger partial charge is 0.000730 e. The number of fused-ring (bicyclic) bond motifs is 12. The SMILES string of the molecule is Cc1ccccc1-c1c2cc3c(cc2c(-c2ccccc2C)c2c4ccc5c6ccc7c8c(ccc(c9ccc(c12)c4c95)c86)-c1ccc(-c2c(C)cccc2C)cc1-7)c1cccc2cccc3c21. The average molecular weight is 859 g/mol. The van der Waals surface area contributed by atoms with E-state index in [0.29, 0.717) is 0 Å². The van der Waals surface area contributed by atoms with Gasteiger partial charge in [-0.1, -0.05) is 164 Å². The monoisotopic (exact) mass is 858 g/mol. The van der Waals surface area contributed by atoms with E-state index in [0.717, 1.165) is 0 Å². The molecule has 0 nitrogen and oxygen atoms in total. The summed E-state index contributed by atoms with van der Waals surface area (Å²) in [5.74, 6) is 0. The normalized spacial score (nSPS) is 12.7. The van der Waals surface area contributed by atoms with Crippen LogP contribution in [0.15, 0.2) is 182 Å². The Bertz CT molecular complexity index is 4530. The molecule has 0 unspecified atom stereocenters. The van der Waals surface area contributed by atoms with E-state index in [-0.39, 0.29) is 0 Å². The summed E-state index contributed by atoms with van der Waals surface area (Å²) in [5.41, 5.74) is 18.5. The first kappa shape index (κ1) is 36.8. The zero-order chi connectivity index (χ0) is 44.8. The van der Waals surface area contributed by atoms with E-state index in [4.69, 9.17) is 0 Å². The molecule has 16 rings (SSSR count). The number of hydrogen-bond acceptors (Lipinski definition) is 0. The van der Waals surface area contributed by atoms with Crippen molar-refractivity contribution < 1.29 is 0 Å². The van der Waals surface area contributed by atoms with Crippen molar-refractivity contribution in [3.63, 3.8) is 0 Å². The van der Waals surface area contributed by atoms with Crippen LogP contribution in [-0.2, 0) is 0 Å². The van der Waals surface area contributed by atoms with Gasteiger partial charge in [-0.15, -0.1) is 0 Å². The van der Waals surface area contributed by atoms with Crippen molar-refractivity contribution >= 4 is 108 Å². The van der Waals surface area contributed by atoms with Crippen molar-refractivity contribution in [1.29, 1.82) is 0 Å². The van der Waals surface area contributed by atoms with Gasteiger partial charge in [0.2, 0.25) is 0 Å². The van der Waals surface area contributed by atoms with Crippen LogP contribution in [0.25, 0.3) is 163 Å². The Morgan fingerprint density at radius 2 is 0.632 bits per heavy atom. The van der Waals surface area contributed by atoms with Crippen LogP contribution in [0.4, 0.5) is 0 Å². The van der Waals surface area contributed by atoms with Crippen molar-refractivity contribution in [1.82, 2.24) is 0 Å². The second-order valence-corrected chi connectivity index (χ2v) is 20.0. The van der Waals surface area contributed by atoms with Gasteiger partial charge >= 0.3 is 0 Å². The maximum Gasteiger partial charge on any atom is -0.000730 e. The summed E-state index contributed by atoms with van der Waals surface area (Å²) in [6.45, 7) is 9.06. The number of rotatable bonds is 3. The minimum Gasteiger partial charge on any atom is -0.0620 e. The molecule has 0 heteroatoms. The van der Waals surface area contributed by atoms with Crippen molar-refractivity contribution in [3.8, 4) is 55.6 Å². The van der Waals surface area contributed by atoms with E-state index in [1.54, 1.807) is 0 Å². The van der Waals surface area contributed by atoms with Gasteiger partial charge in [-0.3, -0.25) is 0 Å². The van der Waals surface area contributed by atoms with Crippen LogP contribution in [0.3, 0.4) is 0 Å². The first-order chi connectivity index (χ1) is 33.4. The van der Waals surface area contributed by atoms with Crippen LogP contribution in [0.5, 0.6) is 0 Å². The van der Waals surface area contributed by atoms with Gasteiger partial charge in [0.05, 0.1) is 0 Å². The van der Waals surface area contributed by atoms with Gasteiger partial charge in [0.1, 0.15) is 0 Å². The van der Waals surface area contributed by atoms with Crippen LogP contribution >= 0.6 is 0 Å². The molecular formula is C68H42. The fourth-order valence-electron chi connectivity index (χ4n) is 13.8. The molecule has 1 aliphatic carbocycles. The van der Waals surface area contributed by atoms with Crippen LogP contribution in [-0.4, -0.2) is 0 Å². The van der Waals surface area contributed by atoms with Gasteiger partial charge in [-0.25, -0.2) is 0 Å². The lowest BCUT2D eigenvalue weighted by molar-refractivity contribution is 1.38. The highest BCUT2D eigenvalue weighted by molar-refractivity contribution is 6.47. The van der Waals surface area contributed by atoms with E-state index in [2.05, 4.69) is 210 Å². The lowest BCUT2D eigenvalue weighted by atomic mass is 9.84. The molecule has 314 valence electrons. The van der Waals surface area contributed by atoms with Gasteiger partial charge < -0.3 is 0 Å². The fourth-order valence-corrected chi connectivity index (χ4v) is 13.8. The summed E-state index contributed by atoms with van der Waals surface area (Å²) in [4.78, 5) is 0. The predicted molar refractivity (Wildman–Crippen MR) is 295 cm³/mol. The molecule has 0 aromatic heterocycles. The first-order valence-electron chi connectivity index (χ1n) is 24.2. The molecule has 0 atom stereocenters. The lowest BCUT2D eigenvalue weighted by Crippen LogP contribution is -1.92. The maximum absolute atomic E-state index is 2.56. The van der Waals surface area contributed by atoms with Crippen LogP contribution in [0.1, 0.15) is 22.3 Å². The maximum atomic E-state index is 2.56. The Hall–Kier alpha value is -8.32. The molecule has 1 aliphatic rings. The molecule has 0 saturated heterocycles. The topological polar surface area (TPSA) is 0 Å². The molecule has 0 spiro atoms. The van der Waals surface area contributed by atoms with E-state index >= 15 is 0 Å². The van der Waals surface area contributed by atoms with E-state index < -0.39 is 0 Å². The summed E-state index contributed by atoms with van der Waals surface area (Å²) < 4.78 is 0. The molecule has 15 aromatic carbocycles. The summed E-state index contributed by atoms with van der Waals surface area (Å²) in [6, 6.07) is 70.3. The minimum atomic E-state index is 1.29. The van der Waals surface area contributed by atoms with Crippen molar-refractivity contribution in [2.45, 2.75) is 27.7 Å². The quantitative estimate of drug-likeness (QED) is 0.123. The summed E-state index contributed by atoms with van der Waals surface area (Å²) >= 11 is 0. The Morgan fingerprint density at radius 3 is 1.19 bits per heavy atom. The largest absolute Gasteiger partial charge is 0.0620 e. The Morgan fingerprint density at radius 1 is 0.206 bits per heavy atom. The van der Waals surface area contributed by atoms with Crippen LogP contribution in [0.2, 0.25) is 0 Å². The van der Waals surface area contributed by atoms with Gasteiger partial charge in [-0.2, -0.15) is 0 Å². The molecule has 0 fully saturated rings. The van der Waals surface area contributed by atoms with Crippen LogP contribution < -0.4 is 0 Å². The second-order valence-electron chi connectivity index (χ2n) is 20.0. The molecule has 0 amide bonds. The molecule has 0 aliphatic heterocycles. The molecule has 68 heavy (non-hydrogen) atoms. The van der Waals surface area contributed by atoms with Gasteiger partial charge in [0.15, 0.2) is 0 Å². The van der Waals surface area contributed by atoms with Gasteiger partial charge in [0.25, 0.3) is 0 Å². The molecule has 0 saturated carbocycles. The Kier molecular flexibility index (Phi) is 6.92. The third-order valence-corrected chi connectivity index (χ3v) is 16.6. The van der Waals surface area contributed by atoms with Crippen molar-refractivity contribution in [2.75, 3.05) is 0 Å². The average Bonchev–Trinajstić information content (AvgIpc) is 3.99. The van der Waals surface area contributed by atoms with Crippen molar-refractivity contribution in [2.24, 2.45) is 0 Å². The highest BCUT2D eigenvalue weighted by Gasteiger charge is 2.30. The first-order valence-corrected chi connectivity index (χ1v) is 24.2. The van der Waals surface area contributed by atoms with E-state index in [1.807, 2.05) is 0 Å².